The number of aldehydes is 1. The predicted octanol–water partition coefficient (Wildman–Crippen LogP) is 6.05. The van der Waals surface area contributed by atoms with Crippen LogP contribution in [0.15, 0.2) is 56.7 Å². The summed E-state index contributed by atoms with van der Waals surface area (Å²) in [6, 6.07) is 8.71. The molecule has 1 unspecified atom stereocenters. The van der Waals surface area contributed by atoms with Gasteiger partial charge in [-0.1, -0.05) is 23.2 Å². The Morgan fingerprint density at radius 3 is 2.78 bits per heavy atom. The maximum atomic E-state index is 11.6. The Hall–Kier alpha value is -1.67. The third-order valence-electron chi connectivity index (χ3n) is 3.91. The van der Waals surface area contributed by atoms with E-state index in [2.05, 4.69) is 41.8 Å². The lowest BCUT2D eigenvalue weighted by molar-refractivity contribution is -0.114. The molecule has 1 atom stereocenters. The summed E-state index contributed by atoms with van der Waals surface area (Å²) < 4.78 is 9.07. The van der Waals surface area contributed by atoms with Crippen LogP contribution in [0.1, 0.15) is 17.4 Å². The van der Waals surface area contributed by atoms with Crippen molar-refractivity contribution < 1.29 is 9.53 Å². The van der Waals surface area contributed by atoms with E-state index >= 15 is 0 Å². The van der Waals surface area contributed by atoms with Crippen LogP contribution in [0.2, 0.25) is 10.0 Å². The molecule has 1 aliphatic heterocycles. The predicted molar refractivity (Wildman–Crippen MR) is 112 cm³/mol. The van der Waals surface area contributed by atoms with Gasteiger partial charge in [-0.25, -0.2) is 9.98 Å². The van der Waals surface area contributed by atoms with E-state index in [4.69, 9.17) is 27.9 Å². The quantitative estimate of drug-likeness (QED) is 0.388. The van der Waals surface area contributed by atoms with Gasteiger partial charge >= 0.3 is 0 Å². The van der Waals surface area contributed by atoms with Crippen LogP contribution in [0.3, 0.4) is 0 Å². The van der Waals surface area contributed by atoms with Crippen molar-refractivity contribution in [1.29, 1.82) is 0 Å². The maximum Gasteiger partial charge on any atom is 0.240 e. The largest absolute Gasteiger partial charge is 0.460 e. The Morgan fingerprint density at radius 2 is 2.04 bits per heavy atom. The highest BCUT2D eigenvalue weighted by molar-refractivity contribution is 9.10. The maximum absolute atomic E-state index is 11.6. The van der Waals surface area contributed by atoms with E-state index < -0.39 is 6.10 Å². The average Bonchev–Trinajstić information content (AvgIpc) is 3.03. The molecular formula is C18H9Br2Cl2N3O2. The summed E-state index contributed by atoms with van der Waals surface area (Å²) in [6.07, 6.45) is 3.33. The van der Waals surface area contributed by atoms with E-state index in [-0.39, 0.29) is 5.90 Å². The molecular weight excluding hydrogens is 521 g/mol. The molecule has 0 aliphatic carbocycles. The van der Waals surface area contributed by atoms with E-state index in [0.717, 1.165) is 4.47 Å². The van der Waals surface area contributed by atoms with Crippen molar-refractivity contribution in [2.75, 3.05) is 0 Å². The summed E-state index contributed by atoms with van der Waals surface area (Å²) in [4.78, 5) is 20.6. The van der Waals surface area contributed by atoms with E-state index in [9.17, 15) is 4.79 Å². The molecule has 4 rings (SSSR count). The van der Waals surface area contributed by atoms with Gasteiger partial charge in [-0.3, -0.25) is 9.36 Å². The molecule has 3 aromatic rings. The average molecular weight is 530 g/mol. The fourth-order valence-corrected chi connectivity index (χ4v) is 4.33. The minimum atomic E-state index is -0.830. The minimum absolute atomic E-state index is 0.273. The summed E-state index contributed by atoms with van der Waals surface area (Å²) in [6.45, 7) is 0. The number of aliphatic imine (C=N–C) groups is 1. The number of benzene rings is 1. The van der Waals surface area contributed by atoms with Crippen molar-refractivity contribution in [2.24, 2.45) is 4.99 Å². The lowest BCUT2D eigenvalue weighted by atomic mass is 10.1. The van der Waals surface area contributed by atoms with Crippen molar-refractivity contribution in [3.63, 3.8) is 0 Å². The molecule has 0 N–H and O–H groups in total. The summed E-state index contributed by atoms with van der Waals surface area (Å²) in [5.41, 5.74) is 1.79. The summed E-state index contributed by atoms with van der Waals surface area (Å²) >= 11 is 19.3. The second-order valence-electron chi connectivity index (χ2n) is 5.64. The number of carbonyl (C=O) groups excluding carboxylic acids is 1. The molecule has 3 heterocycles. The van der Waals surface area contributed by atoms with E-state index in [1.54, 1.807) is 41.2 Å². The normalized spacial score (nSPS) is 15.7. The van der Waals surface area contributed by atoms with Gasteiger partial charge in [0, 0.05) is 31.9 Å². The molecule has 1 aliphatic rings. The van der Waals surface area contributed by atoms with Gasteiger partial charge in [0.2, 0.25) is 5.90 Å². The molecule has 0 saturated heterocycles. The number of nitrogens with zero attached hydrogens (tertiary/aromatic N) is 3. The molecule has 5 nitrogen and oxygen atoms in total. The van der Waals surface area contributed by atoms with Gasteiger partial charge in [0.05, 0.1) is 10.7 Å². The molecule has 136 valence electrons. The number of rotatable bonds is 3. The van der Waals surface area contributed by atoms with E-state index in [0.29, 0.717) is 43.6 Å². The Morgan fingerprint density at radius 1 is 1.22 bits per heavy atom. The number of carbonyl (C=O) groups is 1. The Bertz CT molecular complexity index is 1100. The first-order valence-electron chi connectivity index (χ1n) is 7.66. The fourth-order valence-electron chi connectivity index (χ4n) is 2.78. The van der Waals surface area contributed by atoms with Crippen LogP contribution in [0, 0.1) is 0 Å². The van der Waals surface area contributed by atoms with Crippen LogP contribution in [0.5, 0.6) is 0 Å². The topological polar surface area (TPSA) is 56.5 Å². The van der Waals surface area contributed by atoms with E-state index in [1.165, 1.54) is 0 Å². The van der Waals surface area contributed by atoms with Crippen LogP contribution in [-0.2, 0) is 9.53 Å². The zero-order chi connectivity index (χ0) is 19.1. The Balaban J connectivity index is 1.91. The first-order valence-corrected chi connectivity index (χ1v) is 10.0. The molecule has 0 fully saturated rings. The highest BCUT2D eigenvalue weighted by atomic mass is 79.9. The number of pyridine rings is 1. The standard InChI is InChI=1S/C18H9Br2Cl2N3O2/c19-9-4-14(25(7-9)17-13(22)2-1-3-23-17)18-24-16-11(15(8-26)27-18)5-10(21)6-12(16)20/h1-8,15H. The SMILES string of the molecule is O=CC1OC(c2cc(Br)cn2-c2ncccc2Cl)=Nc2c(Br)cc(Cl)cc21. The molecule has 0 amide bonds. The molecule has 0 bridgehead atoms. The summed E-state index contributed by atoms with van der Waals surface area (Å²) in [7, 11) is 0. The smallest absolute Gasteiger partial charge is 0.240 e. The highest BCUT2D eigenvalue weighted by Gasteiger charge is 2.29. The lowest BCUT2D eigenvalue weighted by Gasteiger charge is -2.24. The summed E-state index contributed by atoms with van der Waals surface area (Å²) in [5, 5.41) is 0.958. The van der Waals surface area contributed by atoms with Crippen molar-refractivity contribution >= 4 is 72.9 Å². The number of fused-ring (bicyclic) bond motifs is 1. The monoisotopic (exact) mass is 527 g/mol. The Kier molecular flexibility index (Phi) is 5.11. The zero-order valence-electron chi connectivity index (χ0n) is 13.4. The van der Waals surface area contributed by atoms with Crippen LogP contribution >= 0.6 is 55.1 Å². The van der Waals surface area contributed by atoms with Gasteiger partial charge < -0.3 is 4.74 Å². The van der Waals surface area contributed by atoms with Gasteiger partial charge in [0.15, 0.2) is 18.2 Å². The van der Waals surface area contributed by atoms with Gasteiger partial charge in [0.1, 0.15) is 5.69 Å². The number of aromatic nitrogens is 2. The van der Waals surface area contributed by atoms with Crippen LogP contribution in [0.4, 0.5) is 5.69 Å². The molecule has 9 heteroatoms. The van der Waals surface area contributed by atoms with Crippen molar-refractivity contribution in [3.8, 4) is 5.82 Å². The first kappa shape index (κ1) is 18.7. The van der Waals surface area contributed by atoms with Crippen LogP contribution in [0.25, 0.3) is 5.82 Å². The third-order valence-corrected chi connectivity index (χ3v) is 5.46. The molecule has 2 aromatic heterocycles. The lowest BCUT2D eigenvalue weighted by Crippen LogP contribution is -2.20. The molecule has 0 radical (unpaired) electrons. The molecule has 0 spiro atoms. The van der Waals surface area contributed by atoms with Gasteiger partial charge in [-0.2, -0.15) is 0 Å². The Labute approximate surface area is 181 Å². The van der Waals surface area contributed by atoms with Crippen molar-refractivity contribution in [3.05, 3.63) is 73.0 Å². The number of halogens is 4. The van der Waals surface area contributed by atoms with Crippen LogP contribution < -0.4 is 0 Å². The molecule has 1 aromatic carbocycles. The van der Waals surface area contributed by atoms with Crippen molar-refractivity contribution in [1.82, 2.24) is 9.55 Å². The first-order chi connectivity index (χ1) is 13.0. The number of ether oxygens (including phenoxy) is 1. The highest BCUT2D eigenvalue weighted by Crippen LogP contribution is 2.41. The van der Waals surface area contributed by atoms with E-state index in [1.807, 2.05) is 6.07 Å². The van der Waals surface area contributed by atoms with Crippen molar-refractivity contribution in [2.45, 2.75) is 6.10 Å². The number of hydrogen-bond acceptors (Lipinski definition) is 4. The minimum Gasteiger partial charge on any atom is -0.460 e. The second-order valence-corrected chi connectivity index (χ2v) is 8.25. The third kappa shape index (κ3) is 3.45. The molecule has 27 heavy (non-hydrogen) atoms. The summed E-state index contributed by atoms with van der Waals surface area (Å²) in [5.74, 6) is 0.796. The zero-order valence-corrected chi connectivity index (χ0v) is 18.0. The van der Waals surface area contributed by atoms with Gasteiger partial charge in [-0.15, -0.1) is 0 Å². The number of hydrogen-bond donors (Lipinski definition) is 0. The molecule has 0 saturated carbocycles. The van der Waals surface area contributed by atoms with Gasteiger partial charge in [0.25, 0.3) is 0 Å². The fraction of sp³-hybridized carbons (Fsp3) is 0.0556. The second kappa shape index (κ2) is 7.39. The van der Waals surface area contributed by atoms with Gasteiger partial charge in [-0.05, 0) is 62.2 Å². The van der Waals surface area contributed by atoms with Crippen LogP contribution in [-0.4, -0.2) is 21.7 Å².